The predicted molar refractivity (Wildman–Crippen MR) is 149 cm³/mol. The van der Waals surface area contributed by atoms with E-state index in [0.29, 0.717) is 39.2 Å². The molecule has 1 aliphatic rings. The number of hydrogen-bond acceptors (Lipinski definition) is 4. The molecule has 0 saturated carbocycles. The second-order valence-electron chi connectivity index (χ2n) is 10.1. The topological polar surface area (TPSA) is 66.8 Å². The smallest absolute Gasteiger partial charge is 0.300 e. The molecule has 3 aromatic carbocycles. The number of nitrogens with zero attached hydrogens (tertiary/aromatic N) is 1. The average molecular weight is 538 g/mol. The predicted octanol–water partition coefficient (Wildman–Crippen LogP) is 7.62. The van der Waals surface area contributed by atoms with Crippen molar-refractivity contribution in [2.45, 2.75) is 46.1 Å². The molecule has 5 nitrogen and oxygen atoms in total. The van der Waals surface area contributed by atoms with Gasteiger partial charge in [-0.25, -0.2) is 0 Å². The summed E-state index contributed by atoms with van der Waals surface area (Å²) in [5, 5.41) is 12.3. The molecule has 1 saturated heterocycles. The molecule has 0 radical (unpaired) electrons. The molecule has 0 aliphatic carbocycles. The number of carbonyl (C=O) groups is 2. The van der Waals surface area contributed by atoms with Crippen molar-refractivity contribution < 1.29 is 19.4 Å². The zero-order valence-electron chi connectivity index (χ0n) is 21.4. The molecule has 1 N–H and O–H groups in total. The van der Waals surface area contributed by atoms with Gasteiger partial charge in [-0.1, -0.05) is 74.3 Å². The molecule has 0 spiro atoms. The molecule has 1 atom stereocenters. The number of aryl methyl sites for hydroxylation is 1. The molecule has 1 heterocycles. The normalized spacial score (nSPS) is 17.4. The van der Waals surface area contributed by atoms with Crippen molar-refractivity contribution >= 4 is 46.3 Å². The lowest BCUT2D eigenvalue weighted by atomic mass is 9.85. The van der Waals surface area contributed by atoms with Crippen molar-refractivity contribution in [2.24, 2.45) is 0 Å². The van der Waals surface area contributed by atoms with Crippen molar-refractivity contribution in [2.75, 3.05) is 11.5 Å². The van der Waals surface area contributed by atoms with Gasteiger partial charge in [0.15, 0.2) is 0 Å². The van der Waals surface area contributed by atoms with Crippen LogP contribution in [0.1, 0.15) is 56.0 Å². The number of ketones is 1. The minimum Gasteiger partial charge on any atom is -0.507 e. The Kier molecular flexibility index (Phi) is 7.40. The lowest BCUT2D eigenvalue weighted by Crippen LogP contribution is -2.29. The number of aliphatic hydroxyl groups excluding tert-OH is 1. The molecular weight excluding hydrogens is 509 g/mol. The highest BCUT2D eigenvalue weighted by Gasteiger charge is 2.47. The van der Waals surface area contributed by atoms with E-state index in [1.807, 2.05) is 38.1 Å². The van der Waals surface area contributed by atoms with Crippen LogP contribution in [0.5, 0.6) is 5.75 Å². The second kappa shape index (κ2) is 10.2. The first-order chi connectivity index (χ1) is 17.4. The van der Waals surface area contributed by atoms with Gasteiger partial charge in [0.25, 0.3) is 11.7 Å². The fourth-order valence-corrected chi connectivity index (χ4v) is 4.73. The first-order valence-corrected chi connectivity index (χ1v) is 12.8. The Morgan fingerprint density at radius 3 is 2.24 bits per heavy atom. The number of amides is 1. The largest absolute Gasteiger partial charge is 0.507 e. The van der Waals surface area contributed by atoms with Crippen LogP contribution in [0.2, 0.25) is 10.0 Å². The van der Waals surface area contributed by atoms with E-state index in [2.05, 4.69) is 20.8 Å². The number of ether oxygens (including phenoxy) is 1. The number of hydrogen-bond donors (Lipinski definition) is 1. The molecule has 3 aromatic rings. The zero-order chi connectivity index (χ0) is 27.1. The Morgan fingerprint density at radius 1 is 0.973 bits per heavy atom. The van der Waals surface area contributed by atoms with Crippen LogP contribution >= 0.6 is 23.2 Å². The van der Waals surface area contributed by atoms with Gasteiger partial charge in [0, 0.05) is 16.3 Å². The summed E-state index contributed by atoms with van der Waals surface area (Å²) < 4.78 is 5.57. The molecule has 0 aromatic heterocycles. The van der Waals surface area contributed by atoms with Gasteiger partial charge < -0.3 is 9.84 Å². The van der Waals surface area contributed by atoms with E-state index in [9.17, 15) is 14.7 Å². The molecule has 37 heavy (non-hydrogen) atoms. The van der Waals surface area contributed by atoms with E-state index in [4.69, 9.17) is 27.9 Å². The number of benzene rings is 3. The second-order valence-corrected chi connectivity index (χ2v) is 10.9. The Bertz CT molecular complexity index is 1400. The fourth-order valence-electron chi connectivity index (χ4n) is 4.38. The molecule has 1 unspecified atom stereocenters. The molecule has 7 heteroatoms. The third-order valence-corrected chi connectivity index (χ3v) is 7.19. The maximum atomic E-state index is 13.4. The summed E-state index contributed by atoms with van der Waals surface area (Å²) in [6, 6.07) is 16.8. The SMILES string of the molecule is CCOc1cc(/C(O)=C2\C(=O)C(=O)N(c3ccc(C)c(Cl)c3)C2c2ccc(C(C)(C)C)cc2)ccc1Cl. The first kappa shape index (κ1) is 26.8. The Hall–Kier alpha value is -3.28. The van der Waals surface area contributed by atoms with Gasteiger partial charge in [-0.3, -0.25) is 14.5 Å². The molecule has 192 valence electrons. The number of anilines is 1. The van der Waals surface area contributed by atoms with E-state index in [0.717, 1.165) is 11.1 Å². The molecule has 1 amide bonds. The van der Waals surface area contributed by atoms with Crippen molar-refractivity contribution in [1.82, 2.24) is 0 Å². The van der Waals surface area contributed by atoms with Gasteiger partial charge >= 0.3 is 0 Å². The van der Waals surface area contributed by atoms with Gasteiger partial charge in [0.05, 0.1) is 23.2 Å². The standard InChI is InChI=1S/C30H29Cl2NO4/c1-6-37-24-15-19(10-14-22(24)31)27(34)25-26(18-8-11-20(12-9-18)30(3,4)5)33(29(36)28(25)35)21-13-7-17(2)23(32)16-21/h7-16,26,34H,6H2,1-5H3/b27-25+. The van der Waals surface area contributed by atoms with Crippen LogP contribution in [0, 0.1) is 6.92 Å². The van der Waals surface area contributed by atoms with E-state index in [1.165, 1.54) is 4.90 Å². The summed E-state index contributed by atoms with van der Waals surface area (Å²) in [5.41, 5.74) is 3.32. The van der Waals surface area contributed by atoms with E-state index >= 15 is 0 Å². The van der Waals surface area contributed by atoms with Gasteiger partial charge in [-0.15, -0.1) is 0 Å². The summed E-state index contributed by atoms with van der Waals surface area (Å²) in [5.74, 6) is -1.46. The van der Waals surface area contributed by atoms with E-state index in [-0.39, 0.29) is 16.7 Å². The van der Waals surface area contributed by atoms with Gasteiger partial charge in [-0.2, -0.15) is 0 Å². The summed E-state index contributed by atoms with van der Waals surface area (Å²) in [6.07, 6.45) is 0. The number of halogens is 2. The van der Waals surface area contributed by atoms with Crippen molar-refractivity contribution in [3.05, 3.63) is 98.5 Å². The molecule has 1 aliphatic heterocycles. The van der Waals surface area contributed by atoms with Crippen LogP contribution in [-0.2, 0) is 15.0 Å². The summed E-state index contributed by atoms with van der Waals surface area (Å²) in [6.45, 7) is 10.4. The maximum Gasteiger partial charge on any atom is 0.300 e. The number of aliphatic hydroxyl groups is 1. The Morgan fingerprint density at radius 2 is 1.65 bits per heavy atom. The van der Waals surface area contributed by atoms with Crippen molar-refractivity contribution in [3.63, 3.8) is 0 Å². The minimum atomic E-state index is -0.862. The minimum absolute atomic E-state index is 0.0185. The fraction of sp³-hybridized carbons (Fsp3) is 0.267. The maximum absolute atomic E-state index is 13.4. The monoisotopic (exact) mass is 537 g/mol. The van der Waals surface area contributed by atoms with Crippen LogP contribution in [-0.4, -0.2) is 23.4 Å². The summed E-state index contributed by atoms with van der Waals surface area (Å²) in [4.78, 5) is 28.3. The van der Waals surface area contributed by atoms with Crippen LogP contribution in [0.4, 0.5) is 5.69 Å². The molecule has 4 rings (SSSR count). The van der Waals surface area contributed by atoms with Crippen LogP contribution in [0.25, 0.3) is 5.76 Å². The van der Waals surface area contributed by atoms with Gasteiger partial charge in [0.1, 0.15) is 11.5 Å². The van der Waals surface area contributed by atoms with Gasteiger partial charge in [-0.05, 0) is 66.3 Å². The zero-order valence-corrected chi connectivity index (χ0v) is 22.9. The average Bonchev–Trinajstić information content (AvgIpc) is 3.12. The molecule has 1 fully saturated rings. The van der Waals surface area contributed by atoms with Crippen LogP contribution in [0.3, 0.4) is 0 Å². The van der Waals surface area contributed by atoms with E-state index in [1.54, 1.807) is 36.4 Å². The lowest BCUT2D eigenvalue weighted by molar-refractivity contribution is -0.132. The number of rotatable bonds is 5. The highest BCUT2D eigenvalue weighted by atomic mass is 35.5. The Labute approximate surface area is 227 Å². The van der Waals surface area contributed by atoms with Crippen molar-refractivity contribution in [3.8, 4) is 5.75 Å². The first-order valence-electron chi connectivity index (χ1n) is 12.0. The third-order valence-electron chi connectivity index (χ3n) is 6.47. The lowest BCUT2D eigenvalue weighted by Gasteiger charge is -2.27. The third kappa shape index (κ3) is 5.11. The summed E-state index contributed by atoms with van der Waals surface area (Å²) in [7, 11) is 0. The quantitative estimate of drug-likeness (QED) is 0.206. The summed E-state index contributed by atoms with van der Waals surface area (Å²) >= 11 is 12.6. The van der Waals surface area contributed by atoms with Crippen LogP contribution < -0.4 is 9.64 Å². The van der Waals surface area contributed by atoms with E-state index < -0.39 is 17.7 Å². The Balaban J connectivity index is 1.94. The molecule has 0 bridgehead atoms. The highest BCUT2D eigenvalue weighted by molar-refractivity contribution is 6.52. The highest BCUT2D eigenvalue weighted by Crippen LogP contribution is 2.44. The van der Waals surface area contributed by atoms with Gasteiger partial charge in [0.2, 0.25) is 0 Å². The number of carbonyl (C=O) groups excluding carboxylic acids is 2. The van der Waals surface area contributed by atoms with Crippen LogP contribution in [0.15, 0.2) is 66.2 Å². The molecular formula is C30H29Cl2NO4. The number of Topliss-reactive ketones (excluding diaryl/α,β-unsaturated/α-hetero) is 1. The van der Waals surface area contributed by atoms with Crippen molar-refractivity contribution in [1.29, 1.82) is 0 Å².